The number of hydrogen-bond donors (Lipinski definition) is 2. The zero-order chi connectivity index (χ0) is 19.1. The van der Waals surface area contributed by atoms with Crippen molar-refractivity contribution < 1.29 is 23.8 Å². The molecule has 1 aliphatic carbocycles. The van der Waals surface area contributed by atoms with Crippen LogP contribution in [0.1, 0.15) is 53.8 Å². The van der Waals surface area contributed by atoms with E-state index in [2.05, 4.69) is 19.2 Å². The lowest BCUT2D eigenvalue weighted by atomic mass is 9.75. The van der Waals surface area contributed by atoms with Crippen LogP contribution in [-0.2, 0) is 6.42 Å². The fourth-order valence-electron chi connectivity index (χ4n) is 3.59. The van der Waals surface area contributed by atoms with E-state index in [0.717, 1.165) is 5.56 Å². The fraction of sp³-hybridized carbons (Fsp3) is 0.450. The van der Waals surface area contributed by atoms with Gasteiger partial charge in [0.2, 0.25) is 0 Å². The Morgan fingerprint density at radius 2 is 2.04 bits per heavy atom. The van der Waals surface area contributed by atoms with Crippen molar-refractivity contribution in [3.8, 4) is 11.5 Å². The Kier molecular flexibility index (Phi) is 4.71. The molecule has 0 saturated heterocycles. The lowest BCUT2D eigenvalue weighted by molar-refractivity contribution is 0.0910. The lowest BCUT2D eigenvalue weighted by Crippen LogP contribution is -2.24. The van der Waals surface area contributed by atoms with E-state index < -0.39 is 6.10 Å². The van der Waals surface area contributed by atoms with Gasteiger partial charge >= 0.3 is 0 Å². The quantitative estimate of drug-likeness (QED) is 0.866. The number of carbonyl (C=O) groups excluding carboxylic acids is 1. The highest BCUT2D eigenvalue weighted by Gasteiger charge is 2.37. The van der Waals surface area contributed by atoms with Crippen LogP contribution in [0, 0.1) is 12.3 Å². The number of nitrogens with one attached hydrogen (secondary N) is 1. The molecule has 1 aliphatic rings. The van der Waals surface area contributed by atoms with E-state index in [-0.39, 0.29) is 17.1 Å². The van der Waals surface area contributed by atoms with Gasteiger partial charge in [-0.3, -0.25) is 4.79 Å². The number of rotatable bonds is 4. The van der Waals surface area contributed by atoms with Crippen molar-refractivity contribution in [2.75, 3.05) is 19.5 Å². The number of furan rings is 1. The molecule has 0 spiro atoms. The number of aliphatic hydroxyl groups excluding tert-OH is 1. The first-order valence-electron chi connectivity index (χ1n) is 8.59. The number of aliphatic hydroxyl groups is 1. The molecule has 1 amide bonds. The molecule has 0 bridgehead atoms. The Hall–Kier alpha value is -2.47. The Labute approximate surface area is 153 Å². The minimum atomic E-state index is -0.620. The van der Waals surface area contributed by atoms with Crippen molar-refractivity contribution >= 4 is 11.6 Å². The first-order valence-corrected chi connectivity index (χ1v) is 8.59. The summed E-state index contributed by atoms with van der Waals surface area (Å²) in [6, 6.07) is 5.16. The van der Waals surface area contributed by atoms with Crippen LogP contribution in [0.3, 0.4) is 0 Å². The Morgan fingerprint density at radius 1 is 1.31 bits per heavy atom. The molecule has 0 radical (unpaired) electrons. The summed E-state index contributed by atoms with van der Waals surface area (Å²) in [5.41, 5.74) is 1.85. The first-order chi connectivity index (χ1) is 12.3. The Balaban J connectivity index is 1.93. The van der Waals surface area contributed by atoms with E-state index in [9.17, 15) is 9.90 Å². The zero-order valence-corrected chi connectivity index (χ0v) is 15.8. The van der Waals surface area contributed by atoms with Crippen LogP contribution >= 0.6 is 0 Å². The molecule has 6 nitrogen and oxygen atoms in total. The van der Waals surface area contributed by atoms with E-state index in [1.54, 1.807) is 25.3 Å². The van der Waals surface area contributed by atoms with Crippen molar-refractivity contribution in [1.82, 2.24) is 0 Å². The van der Waals surface area contributed by atoms with E-state index in [1.165, 1.54) is 7.11 Å². The SMILES string of the molecule is COc1ccc(OC)c(NC(=O)c2oc3c(c2C)[C@@H](O)CC(C)(C)C3)c1. The maximum absolute atomic E-state index is 12.8. The van der Waals surface area contributed by atoms with Crippen molar-refractivity contribution in [3.05, 3.63) is 40.8 Å². The van der Waals surface area contributed by atoms with Crippen LogP contribution in [0.4, 0.5) is 5.69 Å². The standard InChI is InChI=1S/C20H25NO5/c1-11-17-14(22)9-20(2,3)10-16(17)26-18(11)19(23)21-13-8-12(24-4)6-7-15(13)25-5/h6-8,14,22H,9-10H2,1-5H3,(H,21,23)/t14-/m0/s1. The first kappa shape index (κ1) is 18.3. The monoisotopic (exact) mass is 359 g/mol. The number of amides is 1. The lowest BCUT2D eigenvalue weighted by Gasteiger charge is -2.31. The van der Waals surface area contributed by atoms with Gasteiger partial charge < -0.3 is 24.3 Å². The van der Waals surface area contributed by atoms with Gasteiger partial charge in [-0.1, -0.05) is 13.8 Å². The van der Waals surface area contributed by atoms with Crippen LogP contribution < -0.4 is 14.8 Å². The number of hydrogen-bond acceptors (Lipinski definition) is 5. The normalized spacial score (nSPS) is 18.2. The molecule has 26 heavy (non-hydrogen) atoms. The third-order valence-corrected chi connectivity index (χ3v) is 4.85. The summed E-state index contributed by atoms with van der Waals surface area (Å²) in [4.78, 5) is 12.8. The summed E-state index contributed by atoms with van der Waals surface area (Å²) in [5, 5.41) is 13.3. The van der Waals surface area contributed by atoms with Crippen molar-refractivity contribution in [1.29, 1.82) is 0 Å². The smallest absolute Gasteiger partial charge is 0.291 e. The summed E-state index contributed by atoms with van der Waals surface area (Å²) in [7, 11) is 3.09. The summed E-state index contributed by atoms with van der Waals surface area (Å²) in [6.07, 6.45) is 0.714. The predicted molar refractivity (Wildman–Crippen MR) is 98.0 cm³/mol. The van der Waals surface area contributed by atoms with Gasteiger partial charge in [0.05, 0.1) is 26.0 Å². The average molecular weight is 359 g/mol. The van der Waals surface area contributed by atoms with E-state index in [1.807, 2.05) is 6.92 Å². The van der Waals surface area contributed by atoms with Crippen LogP contribution in [-0.4, -0.2) is 25.2 Å². The summed E-state index contributed by atoms with van der Waals surface area (Å²) in [6.45, 7) is 5.97. The van der Waals surface area contributed by atoms with Gasteiger partial charge in [-0.2, -0.15) is 0 Å². The van der Waals surface area contributed by atoms with Gasteiger partial charge in [-0.25, -0.2) is 0 Å². The predicted octanol–water partition coefficient (Wildman–Crippen LogP) is 3.86. The van der Waals surface area contributed by atoms with Gasteiger partial charge in [0.25, 0.3) is 5.91 Å². The Morgan fingerprint density at radius 3 is 2.69 bits per heavy atom. The number of anilines is 1. The van der Waals surface area contributed by atoms with E-state index in [4.69, 9.17) is 13.9 Å². The second kappa shape index (κ2) is 6.68. The topological polar surface area (TPSA) is 80.9 Å². The molecule has 6 heteroatoms. The third kappa shape index (κ3) is 3.29. The highest BCUT2D eigenvalue weighted by atomic mass is 16.5. The molecule has 2 N–H and O–H groups in total. The molecule has 0 saturated carbocycles. The largest absolute Gasteiger partial charge is 0.497 e. The van der Waals surface area contributed by atoms with Gasteiger partial charge in [0.15, 0.2) is 5.76 Å². The summed E-state index contributed by atoms with van der Waals surface area (Å²) >= 11 is 0. The van der Waals surface area contributed by atoms with Crippen LogP contribution in [0.5, 0.6) is 11.5 Å². The highest BCUT2D eigenvalue weighted by Crippen LogP contribution is 2.44. The van der Waals surface area contributed by atoms with Gasteiger partial charge in [-0.15, -0.1) is 0 Å². The van der Waals surface area contributed by atoms with E-state index in [0.29, 0.717) is 41.4 Å². The number of fused-ring (bicyclic) bond motifs is 1. The molecule has 0 unspecified atom stereocenters. The molecule has 140 valence electrons. The van der Waals surface area contributed by atoms with Crippen molar-refractivity contribution in [2.24, 2.45) is 5.41 Å². The number of methoxy groups -OCH3 is 2. The van der Waals surface area contributed by atoms with Gasteiger partial charge in [-0.05, 0) is 30.9 Å². The minimum Gasteiger partial charge on any atom is -0.497 e. The maximum Gasteiger partial charge on any atom is 0.291 e. The molecule has 0 aliphatic heterocycles. The van der Waals surface area contributed by atoms with E-state index >= 15 is 0 Å². The third-order valence-electron chi connectivity index (χ3n) is 4.85. The summed E-state index contributed by atoms with van der Waals surface area (Å²) in [5.74, 6) is 1.65. The van der Waals surface area contributed by atoms with Gasteiger partial charge in [0.1, 0.15) is 17.3 Å². The zero-order valence-electron chi connectivity index (χ0n) is 15.8. The Bertz CT molecular complexity index is 837. The van der Waals surface area contributed by atoms with Crippen molar-refractivity contribution in [3.63, 3.8) is 0 Å². The minimum absolute atomic E-state index is 0.0690. The molecule has 1 heterocycles. The van der Waals surface area contributed by atoms with Crippen LogP contribution in [0.15, 0.2) is 22.6 Å². The number of ether oxygens (including phenoxy) is 2. The van der Waals surface area contributed by atoms with Crippen LogP contribution in [0.25, 0.3) is 0 Å². The maximum atomic E-state index is 12.8. The molecule has 1 atom stereocenters. The highest BCUT2D eigenvalue weighted by molar-refractivity contribution is 6.04. The van der Waals surface area contributed by atoms with Crippen LogP contribution in [0.2, 0.25) is 0 Å². The molecule has 1 aromatic heterocycles. The van der Waals surface area contributed by atoms with Crippen molar-refractivity contribution in [2.45, 2.75) is 39.7 Å². The second-order valence-electron chi connectivity index (χ2n) is 7.47. The second-order valence-corrected chi connectivity index (χ2v) is 7.47. The average Bonchev–Trinajstić information content (AvgIpc) is 2.90. The molecule has 2 aromatic rings. The van der Waals surface area contributed by atoms with Gasteiger partial charge in [0, 0.05) is 23.6 Å². The molecule has 0 fully saturated rings. The molecule has 3 rings (SSSR count). The number of benzene rings is 1. The number of carbonyl (C=O) groups is 1. The fourth-order valence-corrected chi connectivity index (χ4v) is 3.59. The molecular weight excluding hydrogens is 334 g/mol. The molecular formula is C20H25NO5. The summed E-state index contributed by atoms with van der Waals surface area (Å²) < 4.78 is 16.4. The molecule has 1 aromatic carbocycles.